The molecule has 0 spiro atoms. The van der Waals surface area contributed by atoms with Crippen LogP contribution in [0.2, 0.25) is 0 Å². The summed E-state index contributed by atoms with van der Waals surface area (Å²) in [5.74, 6) is 1.73. The summed E-state index contributed by atoms with van der Waals surface area (Å²) in [6, 6.07) is 0. The highest BCUT2D eigenvalue weighted by Crippen LogP contribution is 2.21. The number of carbonyl (C=O) groups excluding carboxylic acids is 1. The molecule has 1 unspecified atom stereocenters. The Morgan fingerprint density at radius 2 is 2.06 bits per heavy atom. The third-order valence-corrected chi connectivity index (χ3v) is 3.93. The Balaban J connectivity index is 1.77. The van der Waals surface area contributed by atoms with E-state index in [0.717, 1.165) is 32.6 Å². The van der Waals surface area contributed by atoms with Crippen LogP contribution in [-0.4, -0.2) is 37.0 Å². The average molecular weight is 224 g/mol. The van der Waals surface area contributed by atoms with Crippen LogP contribution in [0, 0.1) is 11.8 Å². The highest BCUT2D eigenvalue weighted by molar-refractivity contribution is 5.76. The molecule has 0 aromatic carbocycles. The van der Waals surface area contributed by atoms with Crippen molar-refractivity contribution in [2.75, 3.05) is 26.2 Å². The minimum Gasteiger partial charge on any atom is -0.342 e. The van der Waals surface area contributed by atoms with E-state index in [1.165, 1.54) is 25.7 Å². The van der Waals surface area contributed by atoms with Gasteiger partial charge in [-0.2, -0.15) is 0 Å². The largest absolute Gasteiger partial charge is 0.342 e. The van der Waals surface area contributed by atoms with E-state index >= 15 is 0 Å². The van der Waals surface area contributed by atoms with Crippen LogP contribution in [0.5, 0.6) is 0 Å². The summed E-state index contributed by atoms with van der Waals surface area (Å²) in [6.07, 6.45) is 5.62. The number of nitrogens with zero attached hydrogens (tertiary/aromatic N) is 1. The van der Waals surface area contributed by atoms with Crippen LogP contribution >= 0.6 is 0 Å². The molecule has 1 atom stereocenters. The molecule has 3 nitrogen and oxygen atoms in total. The maximum absolute atomic E-state index is 12.1. The summed E-state index contributed by atoms with van der Waals surface area (Å²) < 4.78 is 0. The Morgan fingerprint density at radius 1 is 1.31 bits per heavy atom. The number of hydrogen-bond donors (Lipinski definition) is 1. The Kier molecular flexibility index (Phi) is 4.22. The molecule has 3 heteroatoms. The van der Waals surface area contributed by atoms with Crippen molar-refractivity contribution in [3.05, 3.63) is 0 Å². The lowest BCUT2D eigenvalue weighted by atomic mass is 9.93. The van der Waals surface area contributed by atoms with Gasteiger partial charge in [-0.15, -0.1) is 0 Å². The minimum atomic E-state index is 0.401. The lowest BCUT2D eigenvalue weighted by molar-refractivity contribution is -0.134. The standard InChI is InChI=1S/C13H24N2O/c1-11-3-2-8-15(10-11)13(16)9-12-4-6-14-7-5-12/h11-12,14H,2-10H2,1H3. The van der Waals surface area contributed by atoms with Gasteiger partial charge in [-0.1, -0.05) is 6.92 Å². The van der Waals surface area contributed by atoms with Crippen molar-refractivity contribution in [3.8, 4) is 0 Å². The molecule has 2 aliphatic rings. The molecule has 2 rings (SSSR count). The van der Waals surface area contributed by atoms with Crippen LogP contribution in [-0.2, 0) is 4.79 Å². The van der Waals surface area contributed by atoms with E-state index in [2.05, 4.69) is 17.1 Å². The molecule has 92 valence electrons. The molecule has 0 aromatic rings. The summed E-state index contributed by atoms with van der Waals surface area (Å²) in [4.78, 5) is 14.2. The molecule has 2 saturated heterocycles. The molecule has 0 saturated carbocycles. The molecule has 2 fully saturated rings. The maximum atomic E-state index is 12.1. The number of rotatable bonds is 2. The van der Waals surface area contributed by atoms with Crippen molar-refractivity contribution < 1.29 is 4.79 Å². The second-order valence-electron chi connectivity index (χ2n) is 5.48. The Morgan fingerprint density at radius 3 is 2.75 bits per heavy atom. The normalized spacial score (nSPS) is 28.1. The third-order valence-electron chi connectivity index (χ3n) is 3.93. The van der Waals surface area contributed by atoms with Gasteiger partial charge in [-0.3, -0.25) is 4.79 Å². The SMILES string of the molecule is CC1CCCN(C(=O)CC2CCNCC2)C1. The number of amides is 1. The first-order valence-electron chi connectivity index (χ1n) is 6.74. The van der Waals surface area contributed by atoms with Gasteiger partial charge >= 0.3 is 0 Å². The van der Waals surface area contributed by atoms with Gasteiger partial charge in [-0.25, -0.2) is 0 Å². The zero-order chi connectivity index (χ0) is 11.4. The van der Waals surface area contributed by atoms with Crippen molar-refractivity contribution in [1.29, 1.82) is 0 Å². The van der Waals surface area contributed by atoms with Crippen LogP contribution in [0.15, 0.2) is 0 Å². The first-order chi connectivity index (χ1) is 7.75. The molecule has 0 aliphatic carbocycles. The maximum Gasteiger partial charge on any atom is 0.222 e. The highest BCUT2D eigenvalue weighted by atomic mass is 16.2. The summed E-state index contributed by atoms with van der Waals surface area (Å²) in [5, 5.41) is 3.35. The Hall–Kier alpha value is -0.570. The number of carbonyl (C=O) groups is 1. The van der Waals surface area contributed by atoms with E-state index in [1.54, 1.807) is 0 Å². The monoisotopic (exact) mass is 224 g/mol. The quantitative estimate of drug-likeness (QED) is 0.773. The van der Waals surface area contributed by atoms with E-state index in [1.807, 2.05) is 0 Å². The summed E-state index contributed by atoms with van der Waals surface area (Å²) in [6.45, 7) is 6.42. The Labute approximate surface area is 98.6 Å². The molecule has 16 heavy (non-hydrogen) atoms. The number of piperidine rings is 2. The second kappa shape index (κ2) is 5.67. The van der Waals surface area contributed by atoms with Crippen molar-refractivity contribution in [1.82, 2.24) is 10.2 Å². The van der Waals surface area contributed by atoms with Crippen molar-refractivity contribution in [3.63, 3.8) is 0 Å². The number of nitrogens with one attached hydrogen (secondary N) is 1. The molecule has 2 heterocycles. The molecular formula is C13H24N2O. The second-order valence-corrected chi connectivity index (χ2v) is 5.48. The lowest BCUT2D eigenvalue weighted by Gasteiger charge is -2.32. The molecule has 0 bridgehead atoms. The van der Waals surface area contributed by atoms with E-state index in [-0.39, 0.29) is 0 Å². The van der Waals surface area contributed by atoms with Crippen molar-refractivity contribution >= 4 is 5.91 Å². The zero-order valence-electron chi connectivity index (χ0n) is 10.4. The average Bonchev–Trinajstić information content (AvgIpc) is 2.30. The molecule has 2 aliphatic heterocycles. The van der Waals surface area contributed by atoms with E-state index in [4.69, 9.17) is 0 Å². The van der Waals surface area contributed by atoms with Crippen LogP contribution in [0.3, 0.4) is 0 Å². The smallest absolute Gasteiger partial charge is 0.222 e. The van der Waals surface area contributed by atoms with Gasteiger partial charge in [0, 0.05) is 19.5 Å². The molecule has 0 aromatic heterocycles. The van der Waals surface area contributed by atoms with Crippen molar-refractivity contribution in [2.45, 2.75) is 39.0 Å². The van der Waals surface area contributed by atoms with Crippen LogP contribution in [0.25, 0.3) is 0 Å². The van der Waals surface area contributed by atoms with Gasteiger partial charge in [0.25, 0.3) is 0 Å². The van der Waals surface area contributed by atoms with Crippen LogP contribution in [0.4, 0.5) is 0 Å². The Bertz CT molecular complexity index is 236. The minimum absolute atomic E-state index is 0.401. The number of hydrogen-bond acceptors (Lipinski definition) is 2. The molecular weight excluding hydrogens is 200 g/mol. The lowest BCUT2D eigenvalue weighted by Crippen LogP contribution is -2.40. The van der Waals surface area contributed by atoms with E-state index < -0.39 is 0 Å². The van der Waals surface area contributed by atoms with E-state index in [0.29, 0.717) is 17.7 Å². The van der Waals surface area contributed by atoms with Gasteiger partial charge in [0.1, 0.15) is 0 Å². The zero-order valence-corrected chi connectivity index (χ0v) is 10.4. The van der Waals surface area contributed by atoms with Crippen LogP contribution in [0.1, 0.15) is 39.0 Å². The fourth-order valence-corrected chi connectivity index (χ4v) is 2.88. The van der Waals surface area contributed by atoms with Gasteiger partial charge in [0.05, 0.1) is 0 Å². The van der Waals surface area contributed by atoms with Gasteiger partial charge in [0.2, 0.25) is 5.91 Å². The van der Waals surface area contributed by atoms with Crippen LogP contribution < -0.4 is 5.32 Å². The topological polar surface area (TPSA) is 32.3 Å². The van der Waals surface area contributed by atoms with E-state index in [9.17, 15) is 4.79 Å². The highest BCUT2D eigenvalue weighted by Gasteiger charge is 2.24. The summed E-state index contributed by atoms with van der Waals surface area (Å²) >= 11 is 0. The van der Waals surface area contributed by atoms with Gasteiger partial charge in [-0.05, 0) is 50.6 Å². The predicted octanol–water partition coefficient (Wildman–Crippen LogP) is 1.63. The third kappa shape index (κ3) is 3.21. The predicted molar refractivity (Wildman–Crippen MR) is 65.2 cm³/mol. The van der Waals surface area contributed by atoms with Gasteiger partial charge < -0.3 is 10.2 Å². The molecule has 1 amide bonds. The fourth-order valence-electron chi connectivity index (χ4n) is 2.88. The molecule has 0 radical (unpaired) electrons. The molecule has 1 N–H and O–H groups in total. The van der Waals surface area contributed by atoms with Gasteiger partial charge in [0.15, 0.2) is 0 Å². The fraction of sp³-hybridized carbons (Fsp3) is 0.923. The van der Waals surface area contributed by atoms with Crippen molar-refractivity contribution in [2.24, 2.45) is 11.8 Å². The summed E-state index contributed by atoms with van der Waals surface area (Å²) in [7, 11) is 0. The first kappa shape index (κ1) is 11.9. The number of likely N-dealkylation sites (tertiary alicyclic amines) is 1. The first-order valence-corrected chi connectivity index (χ1v) is 6.74. The summed E-state index contributed by atoms with van der Waals surface area (Å²) in [5.41, 5.74) is 0.